The molecule has 2 heterocycles. The molecule has 5 heteroatoms. The highest BCUT2D eigenvalue weighted by Gasteiger charge is 2.17. The van der Waals surface area contributed by atoms with Crippen LogP contribution in [0.4, 0.5) is 0 Å². The van der Waals surface area contributed by atoms with Gasteiger partial charge in [0.05, 0.1) is 5.69 Å². The van der Waals surface area contributed by atoms with Gasteiger partial charge in [0.15, 0.2) is 0 Å². The van der Waals surface area contributed by atoms with Crippen molar-refractivity contribution in [2.24, 2.45) is 0 Å². The normalized spacial score (nSPS) is 13.9. The Balaban J connectivity index is 1.45. The van der Waals surface area contributed by atoms with Crippen molar-refractivity contribution in [2.45, 2.75) is 25.9 Å². The fourth-order valence-corrected chi connectivity index (χ4v) is 3.60. The molecule has 0 aliphatic carbocycles. The van der Waals surface area contributed by atoms with Crippen molar-refractivity contribution in [1.29, 1.82) is 0 Å². The van der Waals surface area contributed by atoms with Gasteiger partial charge < -0.3 is 14.6 Å². The number of pyridine rings is 1. The fraction of sp³-hybridized carbons (Fsp3) is 0.250. The third kappa shape index (κ3) is 4.57. The summed E-state index contributed by atoms with van der Waals surface area (Å²) in [7, 11) is 0. The molecule has 0 saturated carbocycles. The number of nitrogens with one attached hydrogen (secondary N) is 1. The standard InChI is InChI=1S/C24H24N2O3/c27-23-10-6-8-21(25-23)20-7-2-3-9-22(20)29-17-18-11-13-19(14-12-18)24(28)26-15-4-1-5-16-26/h2-3,6-14H,1,4-5,15-17H2,(H,25,27). The third-order valence-electron chi connectivity index (χ3n) is 5.18. The van der Waals surface area contributed by atoms with E-state index in [2.05, 4.69) is 4.98 Å². The lowest BCUT2D eigenvalue weighted by atomic mass is 10.1. The topological polar surface area (TPSA) is 62.4 Å². The minimum absolute atomic E-state index is 0.107. The molecule has 5 nitrogen and oxygen atoms in total. The molecule has 1 N–H and O–H groups in total. The number of hydrogen-bond acceptors (Lipinski definition) is 3. The lowest BCUT2D eigenvalue weighted by Gasteiger charge is -2.26. The van der Waals surface area contributed by atoms with Crippen LogP contribution in [0.15, 0.2) is 71.5 Å². The average Bonchev–Trinajstić information content (AvgIpc) is 2.78. The molecule has 1 aromatic heterocycles. The maximum absolute atomic E-state index is 12.6. The second kappa shape index (κ2) is 8.78. The van der Waals surface area contributed by atoms with Crippen LogP contribution in [0.2, 0.25) is 0 Å². The number of ether oxygens (including phenoxy) is 1. The Kier molecular flexibility index (Phi) is 5.75. The smallest absolute Gasteiger partial charge is 0.253 e. The van der Waals surface area contributed by atoms with Gasteiger partial charge in [-0.15, -0.1) is 0 Å². The second-order valence-corrected chi connectivity index (χ2v) is 7.26. The zero-order valence-corrected chi connectivity index (χ0v) is 16.3. The molecule has 3 aromatic rings. The number of amides is 1. The number of rotatable bonds is 5. The number of hydrogen-bond donors (Lipinski definition) is 1. The molecule has 0 unspecified atom stereocenters. The Labute approximate surface area is 170 Å². The maximum Gasteiger partial charge on any atom is 0.253 e. The van der Waals surface area contributed by atoms with E-state index in [4.69, 9.17) is 4.74 Å². The van der Waals surface area contributed by atoms with Gasteiger partial charge >= 0.3 is 0 Å². The van der Waals surface area contributed by atoms with Crippen LogP contribution >= 0.6 is 0 Å². The largest absolute Gasteiger partial charge is 0.488 e. The number of H-pyrrole nitrogens is 1. The molecule has 1 amide bonds. The summed E-state index contributed by atoms with van der Waals surface area (Å²) in [5.74, 6) is 0.804. The first-order chi connectivity index (χ1) is 14.2. The van der Waals surface area contributed by atoms with E-state index in [0.717, 1.165) is 48.3 Å². The molecule has 1 saturated heterocycles. The lowest BCUT2D eigenvalue weighted by Crippen LogP contribution is -2.35. The van der Waals surface area contributed by atoms with Crippen LogP contribution in [0.25, 0.3) is 11.3 Å². The van der Waals surface area contributed by atoms with Gasteiger partial charge in [-0.05, 0) is 55.2 Å². The summed E-state index contributed by atoms with van der Waals surface area (Å²) in [5, 5.41) is 0. The first-order valence-corrected chi connectivity index (χ1v) is 10.0. The summed E-state index contributed by atoms with van der Waals surface area (Å²) in [6, 6.07) is 20.3. The molecule has 0 spiro atoms. The van der Waals surface area contributed by atoms with E-state index in [1.54, 1.807) is 6.07 Å². The highest BCUT2D eigenvalue weighted by Crippen LogP contribution is 2.28. The SMILES string of the molecule is O=C(c1ccc(COc2ccccc2-c2cccc(=O)[nH]2)cc1)N1CCCCC1. The van der Waals surface area contributed by atoms with E-state index in [-0.39, 0.29) is 11.5 Å². The molecule has 0 bridgehead atoms. The average molecular weight is 388 g/mol. The van der Waals surface area contributed by atoms with Crippen LogP contribution in [0.3, 0.4) is 0 Å². The number of likely N-dealkylation sites (tertiary alicyclic amines) is 1. The minimum atomic E-state index is -0.147. The molecule has 1 aliphatic rings. The number of benzene rings is 2. The van der Waals surface area contributed by atoms with Crippen LogP contribution in [-0.4, -0.2) is 28.9 Å². The third-order valence-corrected chi connectivity index (χ3v) is 5.18. The van der Waals surface area contributed by atoms with Crippen molar-refractivity contribution in [2.75, 3.05) is 13.1 Å². The van der Waals surface area contributed by atoms with Crippen molar-refractivity contribution in [3.63, 3.8) is 0 Å². The highest BCUT2D eigenvalue weighted by molar-refractivity contribution is 5.94. The van der Waals surface area contributed by atoms with Crippen molar-refractivity contribution < 1.29 is 9.53 Å². The van der Waals surface area contributed by atoms with Crippen molar-refractivity contribution in [3.8, 4) is 17.0 Å². The van der Waals surface area contributed by atoms with Gasteiger partial charge in [0.25, 0.3) is 5.91 Å². The number of piperidine rings is 1. The summed E-state index contributed by atoms with van der Waals surface area (Å²) in [4.78, 5) is 29.0. The Morgan fingerprint density at radius 1 is 0.897 bits per heavy atom. The molecular weight excluding hydrogens is 364 g/mol. The van der Waals surface area contributed by atoms with Crippen molar-refractivity contribution >= 4 is 5.91 Å². The van der Waals surface area contributed by atoms with Crippen LogP contribution in [-0.2, 0) is 6.61 Å². The van der Waals surface area contributed by atoms with E-state index < -0.39 is 0 Å². The monoisotopic (exact) mass is 388 g/mol. The van der Waals surface area contributed by atoms with Crippen molar-refractivity contribution in [1.82, 2.24) is 9.88 Å². The molecule has 148 valence electrons. The molecule has 0 atom stereocenters. The van der Waals surface area contributed by atoms with Gasteiger partial charge in [0.2, 0.25) is 5.56 Å². The Bertz CT molecular complexity index is 1030. The minimum Gasteiger partial charge on any atom is -0.488 e. The van der Waals surface area contributed by atoms with E-state index in [0.29, 0.717) is 12.4 Å². The molecule has 4 rings (SSSR count). The molecule has 1 fully saturated rings. The number of aromatic amines is 1. The van der Waals surface area contributed by atoms with Gasteiger partial charge in [0.1, 0.15) is 12.4 Å². The molecule has 1 aliphatic heterocycles. The maximum atomic E-state index is 12.6. The predicted molar refractivity (Wildman–Crippen MR) is 113 cm³/mol. The van der Waals surface area contributed by atoms with Gasteiger partial charge in [0, 0.05) is 30.3 Å². The van der Waals surface area contributed by atoms with Crippen LogP contribution < -0.4 is 10.3 Å². The van der Waals surface area contributed by atoms with E-state index >= 15 is 0 Å². The Morgan fingerprint density at radius 3 is 2.41 bits per heavy atom. The molecule has 0 radical (unpaired) electrons. The van der Waals surface area contributed by atoms with E-state index in [1.165, 1.54) is 12.5 Å². The highest BCUT2D eigenvalue weighted by atomic mass is 16.5. The van der Waals surface area contributed by atoms with Crippen LogP contribution in [0, 0.1) is 0 Å². The quantitative estimate of drug-likeness (QED) is 0.711. The molecule has 2 aromatic carbocycles. The molecule has 29 heavy (non-hydrogen) atoms. The zero-order valence-electron chi connectivity index (χ0n) is 16.3. The fourth-order valence-electron chi connectivity index (χ4n) is 3.60. The van der Waals surface area contributed by atoms with Crippen molar-refractivity contribution in [3.05, 3.63) is 88.2 Å². The van der Waals surface area contributed by atoms with Crippen LogP contribution in [0.1, 0.15) is 35.2 Å². The van der Waals surface area contributed by atoms with Gasteiger partial charge in [-0.2, -0.15) is 0 Å². The van der Waals surface area contributed by atoms with E-state index in [9.17, 15) is 9.59 Å². The summed E-state index contributed by atoms with van der Waals surface area (Å²) in [6.45, 7) is 2.08. The summed E-state index contributed by atoms with van der Waals surface area (Å²) in [5.41, 5.74) is 3.11. The van der Waals surface area contributed by atoms with Gasteiger partial charge in [-0.1, -0.05) is 30.3 Å². The summed E-state index contributed by atoms with van der Waals surface area (Å²) < 4.78 is 6.02. The number of para-hydroxylation sites is 1. The zero-order chi connectivity index (χ0) is 20.1. The Morgan fingerprint density at radius 2 is 1.66 bits per heavy atom. The number of nitrogens with zero attached hydrogens (tertiary/aromatic N) is 1. The van der Waals surface area contributed by atoms with Crippen LogP contribution in [0.5, 0.6) is 5.75 Å². The number of aromatic nitrogens is 1. The first-order valence-electron chi connectivity index (χ1n) is 10.0. The lowest BCUT2D eigenvalue weighted by molar-refractivity contribution is 0.0724. The van der Waals surface area contributed by atoms with Gasteiger partial charge in [-0.3, -0.25) is 9.59 Å². The van der Waals surface area contributed by atoms with E-state index in [1.807, 2.05) is 59.5 Å². The Hall–Kier alpha value is -3.34. The summed E-state index contributed by atoms with van der Waals surface area (Å²) in [6.07, 6.45) is 3.38. The van der Waals surface area contributed by atoms with Gasteiger partial charge in [-0.25, -0.2) is 0 Å². The first kappa shape index (κ1) is 19.0. The molecular formula is C24H24N2O3. The second-order valence-electron chi connectivity index (χ2n) is 7.26. The summed E-state index contributed by atoms with van der Waals surface area (Å²) >= 11 is 0. The number of carbonyl (C=O) groups is 1. The number of carbonyl (C=O) groups excluding carboxylic acids is 1. The predicted octanol–water partition coefficient (Wildman–Crippen LogP) is 4.25.